The van der Waals surface area contributed by atoms with E-state index in [1.807, 2.05) is 13.8 Å². The second-order valence-corrected chi connectivity index (χ2v) is 7.76. The van der Waals surface area contributed by atoms with Gasteiger partial charge in [-0.3, -0.25) is 29.9 Å². The van der Waals surface area contributed by atoms with Crippen LogP contribution in [0.15, 0.2) is 34.3 Å². The highest BCUT2D eigenvalue weighted by Gasteiger charge is 2.43. The van der Waals surface area contributed by atoms with Gasteiger partial charge >= 0.3 is 0 Å². The third-order valence-electron chi connectivity index (χ3n) is 5.12. The van der Waals surface area contributed by atoms with E-state index in [1.165, 1.54) is 18.2 Å². The zero-order chi connectivity index (χ0) is 19.5. The molecule has 1 aliphatic carbocycles. The summed E-state index contributed by atoms with van der Waals surface area (Å²) in [5.41, 5.74) is 0.512. The number of carbonyl (C=O) groups excluding carboxylic acids is 1. The van der Waals surface area contributed by atoms with Crippen LogP contribution in [0, 0.1) is 15.5 Å². The van der Waals surface area contributed by atoms with E-state index in [9.17, 15) is 24.8 Å². The number of phenolic OH excluding ortho intramolecular Hbond substituents is 1. The molecule has 9 heteroatoms. The van der Waals surface area contributed by atoms with E-state index in [0.717, 1.165) is 0 Å². The maximum Gasteiger partial charge on any atom is 0.270 e. The van der Waals surface area contributed by atoms with Crippen molar-refractivity contribution in [2.75, 3.05) is 5.32 Å². The average molecular weight is 370 g/mol. The first kappa shape index (κ1) is 17.1. The van der Waals surface area contributed by atoms with Gasteiger partial charge in [0.15, 0.2) is 5.78 Å². The summed E-state index contributed by atoms with van der Waals surface area (Å²) >= 11 is 0. The molecule has 1 atom stereocenters. The number of rotatable bonds is 2. The third-order valence-corrected chi connectivity index (χ3v) is 5.12. The van der Waals surface area contributed by atoms with Gasteiger partial charge in [-0.2, -0.15) is 0 Å². The number of nitrogens with one attached hydrogen (secondary N) is 3. The molecule has 4 N–H and O–H groups in total. The second kappa shape index (κ2) is 5.57. The number of nitro groups is 1. The summed E-state index contributed by atoms with van der Waals surface area (Å²) in [6.07, 6.45) is 0.865. The smallest absolute Gasteiger partial charge is 0.270 e. The maximum atomic E-state index is 13.0. The molecule has 140 valence electrons. The van der Waals surface area contributed by atoms with Gasteiger partial charge in [0.25, 0.3) is 11.2 Å². The number of nitrogens with zero attached hydrogens (tertiary/aromatic N) is 1. The fraction of sp³-hybridized carbons (Fsp3) is 0.333. The van der Waals surface area contributed by atoms with Crippen LogP contribution in [-0.4, -0.2) is 26.0 Å². The highest BCUT2D eigenvalue weighted by Crippen LogP contribution is 2.49. The van der Waals surface area contributed by atoms with Crippen LogP contribution in [0.3, 0.4) is 0 Å². The van der Waals surface area contributed by atoms with Gasteiger partial charge in [-0.15, -0.1) is 0 Å². The summed E-state index contributed by atoms with van der Waals surface area (Å²) in [5.74, 6) is -0.825. The number of carbonyl (C=O) groups is 1. The molecule has 0 spiro atoms. The van der Waals surface area contributed by atoms with Crippen LogP contribution >= 0.6 is 0 Å². The molecule has 2 heterocycles. The Labute approximate surface area is 153 Å². The number of benzene rings is 1. The van der Waals surface area contributed by atoms with Crippen molar-refractivity contribution < 1.29 is 14.8 Å². The molecule has 0 bridgehead atoms. The molecule has 0 unspecified atom stereocenters. The van der Waals surface area contributed by atoms with Crippen LogP contribution in [-0.2, 0) is 4.79 Å². The Morgan fingerprint density at radius 1 is 1.22 bits per heavy atom. The van der Waals surface area contributed by atoms with E-state index >= 15 is 0 Å². The fourth-order valence-electron chi connectivity index (χ4n) is 4.02. The number of Topliss-reactive ketones (excluding diaryl/α,β-unsaturated/α-hetero) is 1. The number of allylic oxidation sites excluding steroid dienone is 2. The number of H-pyrrole nitrogens is 2. The first-order chi connectivity index (χ1) is 12.7. The van der Waals surface area contributed by atoms with Gasteiger partial charge in [0.1, 0.15) is 11.6 Å². The molecule has 0 radical (unpaired) electrons. The maximum absolute atomic E-state index is 13.0. The minimum absolute atomic E-state index is 0.143. The molecule has 0 amide bonds. The number of non-ortho nitro benzene ring substituents is 1. The van der Waals surface area contributed by atoms with Crippen LogP contribution in [0.25, 0.3) is 0 Å². The highest BCUT2D eigenvalue weighted by atomic mass is 16.6. The lowest BCUT2D eigenvalue weighted by Crippen LogP contribution is -2.35. The van der Waals surface area contributed by atoms with Gasteiger partial charge in [-0.1, -0.05) is 13.8 Å². The van der Waals surface area contributed by atoms with Gasteiger partial charge in [0, 0.05) is 35.4 Å². The Hall–Kier alpha value is -3.36. The molecule has 9 nitrogen and oxygen atoms in total. The number of aromatic nitrogens is 2. The molecule has 0 saturated carbocycles. The predicted octanol–water partition coefficient (Wildman–Crippen LogP) is 2.52. The summed E-state index contributed by atoms with van der Waals surface area (Å²) in [5, 5.41) is 30.0. The van der Waals surface area contributed by atoms with Gasteiger partial charge in [0.05, 0.1) is 16.4 Å². The van der Waals surface area contributed by atoms with Crippen molar-refractivity contribution in [2.24, 2.45) is 5.41 Å². The van der Waals surface area contributed by atoms with E-state index < -0.39 is 16.4 Å². The summed E-state index contributed by atoms with van der Waals surface area (Å²) in [6, 6.07) is 3.62. The van der Waals surface area contributed by atoms with Crippen molar-refractivity contribution in [1.82, 2.24) is 10.2 Å². The van der Waals surface area contributed by atoms with E-state index in [2.05, 4.69) is 15.5 Å². The van der Waals surface area contributed by atoms with Gasteiger partial charge in [-0.05, 0) is 17.9 Å². The van der Waals surface area contributed by atoms with Crippen molar-refractivity contribution in [1.29, 1.82) is 0 Å². The normalized spacial score (nSPS) is 20.7. The highest BCUT2D eigenvalue weighted by molar-refractivity contribution is 6.01. The largest absolute Gasteiger partial charge is 0.508 e. The number of hydrogen-bond acceptors (Lipinski definition) is 6. The molecule has 1 aromatic heterocycles. The quantitative estimate of drug-likeness (QED) is 0.473. The Morgan fingerprint density at radius 2 is 1.96 bits per heavy atom. The Kier molecular flexibility index (Phi) is 3.52. The number of nitro benzene ring substituents is 1. The molecule has 2 aromatic rings. The monoisotopic (exact) mass is 370 g/mol. The Morgan fingerprint density at radius 3 is 2.67 bits per heavy atom. The molecule has 0 fully saturated rings. The van der Waals surface area contributed by atoms with E-state index in [0.29, 0.717) is 23.5 Å². The number of hydrogen-bond donors (Lipinski definition) is 4. The Bertz CT molecular complexity index is 1080. The van der Waals surface area contributed by atoms with Crippen molar-refractivity contribution >= 4 is 17.3 Å². The SMILES string of the molecule is CC1(C)CC(=O)C2=C(C1)Nc1[nH][nH]c(=O)c1[C@H]2c1cc([N+](=O)[O-])ccc1O. The zero-order valence-electron chi connectivity index (χ0n) is 14.8. The molecule has 0 saturated heterocycles. The van der Waals surface area contributed by atoms with Crippen molar-refractivity contribution in [3.05, 3.63) is 61.1 Å². The van der Waals surface area contributed by atoms with Crippen LogP contribution < -0.4 is 10.9 Å². The average Bonchev–Trinajstić information content (AvgIpc) is 2.93. The molecular weight excluding hydrogens is 352 g/mol. The molecule has 27 heavy (non-hydrogen) atoms. The Balaban J connectivity index is 1.99. The number of ketones is 1. The summed E-state index contributed by atoms with van der Waals surface area (Å²) in [7, 11) is 0. The first-order valence-corrected chi connectivity index (χ1v) is 8.49. The molecule has 4 rings (SSSR count). The van der Waals surface area contributed by atoms with E-state index in [4.69, 9.17) is 0 Å². The predicted molar refractivity (Wildman–Crippen MR) is 96.7 cm³/mol. The van der Waals surface area contributed by atoms with Crippen LogP contribution in [0.1, 0.15) is 43.7 Å². The number of fused-ring (bicyclic) bond motifs is 1. The van der Waals surface area contributed by atoms with Gasteiger partial charge in [0.2, 0.25) is 0 Å². The number of anilines is 1. The van der Waals surface area contributed by atoms with E-state index in [1.54, 1.807) is 0 Å². The topological polar surface area (TPSA) is 141 Å². The number of phenols is 1. The lowest BCUT2D eigenvalue weighted by molar-refractivity contribution is -0.384. The fourth-order valence-corrected chi connectivity index (χ4v) is 4.02. The van der Waals surface area contributed by atoms with E-state index in [-0.39, 0.29) is 40.2 Å². The number of aromatic hydroxyl groups is 1. The zero-order valence-corrected chi connectivity index (χ0v) is 14.8. The van der Waals surface area contributed by atoms with Gasteiger partial charge < -0.3 is 10.4 Å². The lowest BCUT2D eigenvalue weighted by atomic mass is 9.69. The summed E-state index contributed by atoms with van der Waals surface area (Å²) in [4.78, 5) is 36.0. The first-order valence-electron chi connectivity index (χ1n) is 8.49. The van der Waals surface area contributed by atoms with Crippen LogP contribution in [0.4, 0.5) is 11.5 Å². The van der Waals surface area contributed by atoms with Gasteiger partial charge in [-0.25, -0.2) is 0 Å². The molecule has 1 aromatic carbocycles. The standard InChI is InChI=1S/C18H18N4O5/c1-18(2)6-10-14(12(24)7-18)13(15-16(19-10)20-21-17(15)25)9-5-8(22(26)27)3-4-11(9)23/h3-5,13,23H,6-7H2,1-2H3,(H3,19,20,21,25)/t13-/m0/s1. The minimum Gasteiger partial charge on any atom is -0.508 e. The minimum atomic E-state index is -0.880. The molecule has 1 aliphatic heterocycles. The van der Waals surface area contributed by atoms with Crippen LogP contribution in [0.5, 0.6) is 5.75 Å². The van der Waals surface area contributed by atoms with Crippen molar-refractivity contribution in [3.8, 4) is 5.75 Å². The van der Waals surface area contributed by atoms with Crippen molar-refractivity contribution in [3.63, 3.8) is 0 Å². The van der Waals surface area contributed by atoms with Crippen molar-refractivity contribution in [2.45, 2.75) is 32.6 Å². The summed E-state index contributed by atoms with van der Waals surface area (Å²) < 4.78 is 0. The third kappa shape index (κ3) is 2.62. The lowest BCUT2D eigenvalue weighted by Gasteiger charge is -2.37. The second-order valence-electron chi connectivity index (χ2n) is 7.76. The molecule has 2 aliphatic rings. The van der Waals surface area contributed by atoms with Crippen LogP contribution in [0.2, 0.25) is 0 Å². The summed E-state index contributed by atoms with van der Waals surface area (Å²) in [6.45, 7) is 3.96. The number of aromatic amines is 2. The molecular formula is C18H18N4O5.